The number of hydrogen-bond acceptors (Lipinski definition) is 4. The first kappa shape index (κ1) is 11.3. The Kier molecular flexibility index (Phi) is 3.18. The van der Waals surface area contributed by atoms with Gasteiger partial charge < -0.3 is 10.6 Å². The molecule has 2 N–H and O–H groups in total. The van der Waals surface area contributed by atoms with Crippen molar-refractivity contribution in [3.63, 3.8) is 0 Å². The van der Waals surface area contributed by atoms with Crippen molar-refractivity contribution in [3.8, 4) is 0 Å². The second-order valence-electron chi connectivity index (χ2n) is 3.79. The molecule has 0 aliphatic carbocycles. The van der Waals surface area contributed by atoms with Crippen molar-refractivity contribution in [3.05, 3.63) is 48.0 Å². The van der Waals surface area contributed by atoms with E-state index in [2.05, 4.69) is 9.97 Å². The number of aromatic nitrogens is 2. The van der Waals surface area contributed by atoms with Gasteiger partial charge in [0, 0.05) is 19.7 Å². The number of halogens is 1. The summed E-state index contributed by atoms with van der Waals surface area (Å²) in [4.78, 5) is 9.80. The first-order chi connectivity index (χ1) is 8.15. The topological polar surface area (TPSA) is 55.0 Å². The van der Waals surface area contributed by atoms with Crippen LogP contribution >= 0.6 is 0 Å². The third kappa shape index (κ3) is 2.90. The maximum absolute atomic E-state index is 13.0. The first-order valence-corrected chi connectivity index (χ1v) is 5.18. The monoisotopic (exact) mass is 232 g/mol. The van der Waals surface area contributed by atoms with Crippen molar-refractivity contribution in [2.45, 2.75) is 6.54 Å². The largest absolute Gasteiger partial charge is 0.384 e. The van der Waals surface area contributed by atoms with E-state index in [0.29, 0.717) is 18.2 Å². The Bertz CT molecular complexity index is 515. The number of nitrogen functional groups attached to an aromatic ring is 1. The molecule has 0 bridgehead atoms. The van der Waals surface area contributed by atoms with Gasteiger partial charge in [0.2, 0.25) is 0 Å². The molecule has 88 valence electrons. The van der Waals surface area contributed by atoms with E-state index in [0.717, 1.165) is 5.56 Å². The Morgan fingerprint density at radius 2 is 2.12 bits per heavy atom. The van der Waals surface area contributed by atoms with E-state index in [9.17, 15) is 4.39 Å². The van der Waals surface area contributed by atoms with Gasteiger partial charge in [-0.15, -0.1) is 0 Å². The van der Waals surface area contributed by atoms with Crippen LogP contribution in [0.15, 0.2) is 36.7 Å². The summed E-state index contributed by atoms with van der Waals surface area (Å²) in [7, 11) is 1.87. The summed E-state index contributed by atoms with van der Waals surface area (Å²) in [5, 5.41) is 0. The van der Waals surface area contributed by atoms with Crippen LogP contribution in [0.25, 0.3) is 0 Å². The summed E-state index contributed by atoms with van der Waals surface area (Å²) >= 11 is 0. The molecule has 0 spiro atoms. The summed E-state index contributed by atoms with van der Waals surface area (Å²) in [5.41, 5.74) is 6.46. The molecule has 0 atom stereocenters. The number of nitrogens with zero attached hydrogens (tertiary/aromatic N) is 3. The Morgan fingerprint density at radius 3 is 2.82 bits per heavy atom. The summed E-state index contributed by atoms with van der Waals surface area (Å²) in [6, 6.07) is 8.16. The third-order valence-corrected chi connectivity index (χ3v) is 2.37. The van der Waals surface area contributed by atoms with E-state index in [1.165, 1.54) is 18.5 Å². The van der Waals surface area contributed by atoms with Gasteiger partial charge in [-0.05, 0) is 17.7 Å². The number of hydrogen-bond donors (Lipinski definition) is 1. The molecule has 0 aliphatic rings. The molecular formula is C12H13FN4. The fraction of sp³-hybridized carbons (Fsp3) is 0.167. The van der Waals surface area contributed by atoms with Gasteiger partial charge in [0.15, 0.2) is 0 Å². The lowest BCUT2D eigenvalue weighted by atomic mass is 10.2. The van der Waals surface area contributed by atoms with E-state index >= 15 is 0 Å². The van der Waals surface area contributed by atoms with Gasteiger partial charge in [-0.3, -0.25) is 0 Å². The highest BCUT2D eigenvalue weighted by Gasteiger charge is 2.04. The molecule has 4 nitrogen and oxygen atoms in total. The van der Waals surface area contributed by atoms with Crippen LogP contribution in [0.4, 0.5) is 16.0 Å². The van der Waals surface area contributed by atoms with Crippen LogP contribution in [-0.2, 0) is 6.54 Å². The van der Waals surface area contributed by atoms with E-state index in [1.54, 1.807) is 12.1 Å². The third-order valence-electron chi connectivity index (χ3n) is 2.37. The number of anilines is 2. The van der Waals surface area contributed by atoms with E-state index in [4.69, 9.17) is 5.73 Å². The molecule has 1 heterocycles. The van der Waals surface area contributed by atoms with Gasteiger partial charge in [-0.2, -0.15) is 0 Å². The number of benzene rings is 1. The molecule has 5 heteroatoms. The van der Waals surface area contributed by atoms with Crippen LogP contribution in [-0.4, -0.2) is 17.0 Å². The molecule has 0 saturated heterocycles. The zero-order valence-corrected chi connectivity index (χ0v) is 9.47. The minimum absolute atomic E-state index is 0.238. The SMILES string of the molecule is CN(Cc1cccc(F)c1)c1cc(N)ncn1. The van der Waals surface area contributed by atoms with Gasteiger partial charge in [-0.25, -0.2) is 14.4 Å². The lowest BCUT2D eigenvalue weighted by Gasteiger charge is -2.18. The van der Waals surface area contributed by atoms with Gasteiger partial charge in [-0.1, -0.05) is 12.1 Å². The standard InChI is InChI=1S/C12H13FN4/c1-17(12-6-11(14)15-8-16-12)7-9-3-2-4-10(13)5-9/h2-6,8H,7H2,1H3,(H2,14,15,16). The van der Waals surface area contributed by atoms with Crippen molar-refractivity contribution in [2.75, 3.05) is 17.7 Å². The van der Waals surface area contributed by atoms with Crippen LogP contribution in [0.2, 0.25) is 0 Å². The van der Waals surface area contributed by atoms with Gasteiger partial charge >= 0.3 is 0 Å². The van der Waals surface area contributed by atoms with Crippen molar-refractivity contribution in [2.24, 2.45) is 0 Å². The summed E-state index contributed by atoms with van der Waals surface area (Å²) in [5.74, 6) is 0.890. The quantitative estimate of drug-likeness (QED) is 0.877. The molecule has 17 heavy (non-hydrogen) atoms. The van der Waals surface area contributed by atoms with Crippen molar-refractivity contribution >= 4 is 11.6 Å². The minimum atomic E-state index is -0.238. The molecule has 0 radical (unpaired) electrons. The molecule has 0 fully saturated rings. The Morgan fingerprint density at radius 1 is 1.29 bits per heavy atom. The molecule has 0 saturated carbocycles. The van der Waals surface area contributed by atoms with Crippen molar-refractivity contribution in [1.82, 2.24) is 9.97 Å². The summed E-state index contributed by atoms with van der Waals surface area (Å²) in [6.45, 7) is 0.564. The van der Waals surface area contributed by atoms with Crippen LogP contribution in [0.5, 0.6) is 0 Å². The molecule has 1 aromatic heterocycles. The summed E-state index contributed by atoms with van der Waals surface area (Å²) in [6.07, 6.45) is 1.41. The average Bonchev–Trinajstić information content (AvgIpc) is 2.29. The van der Waals surface area contributed by atoms with Gasteiger partial charge in [0.1, 0.15) is 23.8 Å². The normalized spacial score (nSPS) is 10.2. The van der Waals surface area contributed by atoms with Gasteiger partial charge in [0.05, 0.1) is 0 Å². The molecule has 0 aliphatic heterocycles. The number of nitrogens with two attached hydrogens (primary N) is 1. The highest BCUT2D eigenvalue weighted by molar-refractivity contribution is 5.45. The Balaban J connectivity index is 2.14. The zero-order chi connectivity index (χ0) is 12.3. The molecule has 0 amide bonds. The molecular weight excluding hydrogens is 219 g/mol. The maximum atomic E-state index is 13.0. The van der Waals surface area contributed by atoms with Gasteiger partial charge in [0.25, 0.3) is 0 Å². The fourth-order valence-corrected chi connectivity index (χ4v) is 1.56. The number of rotatable bonds is 3. The zero-order valence-electron chi connectivity index (χ0n) is 9.47. The Hall–Kier alpha value is -2.17. The van der Waals surface area contributed by atoms with E-state index in [-0.39, 0.29) is 5.82 Å². The van der Waals surface area contributed by atoms with Crippen LogP contribution in [0.1, 0.15) is 5.56 Å². The molecule has 0 unspecified atom stereocenters. The Labute approximate surface area is 98.9 Å². The fourth-order valence-electron chi connectivity index (χ4n) is 1.56. The lowest BCUT2D eigenvalue weighted by molar-refractivity contribution is 0.625. The minimum Gasteiger partial charge on any atom is -0.384 e. The van der Waals surface area contributed by atoms with Crippen LogP contribution in [0.3, 0.4) is 0 Å². The molecule has 1 aromatic carbocycles. The van der Waals surface area contributed by atoms with Crippen LogP contribution in [0, 0.1) is 5.82 Å². The molecule has 2 aromatic rings. The average molecular weight is 232 g/mol. The highest BCUT2D eigenvalue weighted by atomic mass is 19.1. The summed E-state index contributed by atoms with van der Waals surface area (Å²) < 4.78 is 13.0. The second-order valence-corrected chi connectivity index (χ2v) is 3.79. The van der Waals surface area contributed by atoms with Crippen molar-refractivity contribution in [1.29, 1.82) is 0 Å². The predicted octanol–water partition coefficient (Wildman–Crippen LogP) is 1.83. The second kappa shape index (κ2) is 4.78. The predicted molar refractivity (Wildman–Crippen MR) is 65.0 cm³/mol. The first-order valence-electron chi connectivity index (χ1n) is 5.18. The molecule has 2 rings (SSSR count). The van der Waals surface area contributed by atoms with Crippen molar-refractivity contribution < 1.29 is 4.39 Å². The van der Waals surface area contributed by atoms with E-state index < -0.39 is 0 Å². The smallest absolute Gasteiger partial charge is 0.134 e. The van der Waals surface area contributed by atoms with E-state index in [1.807, 2.05) is 18.0 Å². The maximum Gasteiger partial charge on any atom is 0.134 e. The highest BCUT2D eigenvalue weighted by Crippen LogP contribution is 2.14. The lowest BCUT2D eigenvalue weighted by Crippen LogP contribution is -2.18. The van der Waals surface area contributed by atoms with Crippen LogP contribution < -0.4 is 10.6 Å².